The van der Waals surface area contributed by atoms with Crippen LogP contribution >= 0.6 is 34.9 Å². The van der Waals surface area contributed by atoms with E-state index in [0.29, 0.717) is 0 Å². The molecule has 17 heavy (non-hydrogen) atoms. The molecule has 0 N–H and O–H groups in total. The van der Waals surface area contributed by atoms with Gasteiger partial charge in [0.15, 0.2) is 8.68 Å². The first-order chi connectivity index (χ1) is 8.31. The molecule has 0 saturated carbocycles. The van der Waals surface area contributed by atoms with Crippen molar-refractivity contribution in [3.63, 3.8) is 0 Å². The lowest BCUT2D eigenvalue weighted by Crippen LogP contribution is -1.81. The highest BCUT2D eigenvalue weighted by atomic mass is 32.2. The fraction of sp³-hybridized carbons (Fsp3) is 0.167. The summed E-state index contributed by atoms with van der Waals surface area (Å²) in [6.07, 6.45) is 3.88. The van der Waals surface area contributed by atoms with Crippen LogP contribution in [0.3, 0.4) is 0 Å². The Kier molecular flexibility index (Phi) is 4.65. The molecule has 0 atom stereocenters. The predicted molar refractivity (Wildman–Crippen MR) is 77.8 cm³/mol. The summed E-state index contributed by atoms with van der Waals surface area (Å²) in [5, 5.41) is 8.21. The first-order valence-electron chi connectivity index (χ1n) is 5.03. The van der Waals surface area contributed by atoms with Crippen molar-refractivity contribution >= 4 is 40.9 Å². The van der Waals surface area contributed by atoms with E-state index in [1.807, 2.05) is 12.3 Å². The third-order valence-corrected chi connectivity index (χ3v) is 5.21. The highest BCUT2D eigenvalue weighted by molar-refractivity contribution is 8.02. The minimum atomic E-state index is 0.921. The molecule has 0 radical (unpaired) electrons. The van der Waals surface area contributed by atoms with E-state index in [-0.39, 0.29) is 0 Å². The van der Waals surface area contributed by atoms with Crippen molar-refractivity contribution in [2.24, 2.45) is 0 Å². The molecule has 2 rings (SSSR count). The zero-order valence-corrected chi connectivity index (χ0v) is 11.9. The summed E-state index contributed by atoms with van der Waals surface area (Å²) in [6.45, 7) is 3.77. The zero-order chi connectivity index (χ0) is 12.1. The van der Waals surface area contributed by atoms with E-state index in [4.69, 9.17) is 0 Å². The average Bonchev–Trinajstić information content (AvgIpc) is 2.84. The Balaban J connectivity index is 1.99. The molecule has 0 unspecified atom stereocenters. The Hall–Kier alpha value is -0.780. The van der Waals surface area contributed by atoms with E-state index in [1.54, 1.807) is 34.9 Å². The maximum absolute atomic E-state index is 4.14. The number of nitrogens with zero attached hydrogens (tertiary/aromatic N) is 2. The molecule has 88 valence electrons. The third kappa shape index (κ3) is 3.59. The predicted octanol–water partition coefficient (Wildman–Crippen LogP) is 4.20. The van der Waals surface area contributed by atoms with Crippen molar-refractivity contribution in [2.45, 2.75) is 14.4 Å². The maximum Gasteiger partial charge on any atom is 0.175 e. The number of rotatable bonds is 5. The molecule has 0 aliphatic carbocycles. The van der Waals surface area contributed by atoms with Crippen LogP contribution in [0.4, 0.5) is 0 Å². The number of hydrogen-bond acceptors (Lipinski definition) is 5. The SMILES string of the molecule is C=Cc1cccc(CSc2nnc(SC)s2)c1. The summed E-state index contributed by atoms with van der Waals surface area (Å²) in [4.78, 5) is 0. The van der Waals surface area contributed by atoms with Gasteiger partial charge in [-0.1, -0.05) is 71.8 Å². The summed E-state index contributed by atoms with van der Waals surface area (Å²) >= 11 is 5.01. The van der Waals surface area contributed by atoms with E-state index in [2.05, 4.69) is 41.0 Å². The maximum atomic E-state index is 4.14. The van der Waals surface area contributed by atoms with Crippen LogP contribution in [0.1, 0.15) is 11.1 Å². The smallest absolute Gasteiger partial charge is 0.131 e. The summed E-state index contributed by atoms with van der Waals surface area (Å²) in [5.74, 6) is 0.921. The fourth-order valence-corrected chi connectivity index (χ4v) is 3.67. The van der Waals surface area contributed by atoms with Gasteiger partial charge in [-0.05, 0) is 17.4 Å². The molecule has 0 aliphatic rings. The summed E-state index contributed by atoms with van der Waals surface area (Å²) in [6, 6.07) is 8.38. The van der Waals surface area contributed by atoms with Crippen LogP contribution in [0.15, 0.2) is 39.5 Å². The van der Waals surface area contributed by atoms with Gasteiger partial charge in [0.1, 0.15) is 0 Å². The molecule has 2 aromatic rings. The highest BCUT2D eigenvalue weighted by Crippen LogP contribution is 2.29. The minimum Gasteiger partial charge on any atom is -0.131 e. The van der Waals surface area contributed by atoms with E-state index in [9.17, 15) is 0 Å². The number of thioether (sulfide) groups is 2. The average molecular weight is 280 g/mol. The Labute approximate surface area is 114 Å². The topological polar surface area (TPSA) is 25.8 Å². The van der Waals surface area contributed by atoms with Crippen LogP contribution in [-0.4, -0.2) is 16.5 Å². The molecule has 1 aromatic heterocycles. The van der Waals surface area contributed by atoms with Gasteiger partial charge in [-0.3, -0.25) is 0 Å². The second kappa shape index (κ2) is 6.23. The third-order valence-electron chi connectivity index (χ3n) is 2.11. The van der Waals surface area contributed by atoms with Crippen molar-refractivity contribution in [3.05, 3.63) is 42.0 Å². The highest BCUT2D eigenvalue weighted by Gasteiger charge is 2.04. The lowest BCUT2D eigenvalue weighted by atomic mass is 10.1. The number of aromatic nitrogens is 2. The van der Waals surface area contributed by atoms with E-state index in [0.717, 1.165) is 20.0 Å². The van der Waals surface area contributed by atoms with Gasteiger partial charge in [-0.15, -0.1) is 10.2 Å². The van der Waals surface area contributed by atoms with Crippen molar-refractivity contribution in [1.29, 1.82) is 0 Å². The summed E-state index contributed by atoms with van der Waals surface area (Å²) < 4.78 is 2.05. The number of benzene rings is 1. The molecule has 0 amide bonds. The van der Waals surface area contributed by atoms with E-state index in [1.165, 1.54) is 5.56 Å². The molecule has 1 heterocycles. The molecule has 0 saturated heterocycles. The molecule has 0 spiro atoms. The van der Waals surface area contributed by atoms with Gasteiger partial charge >= 0.3 is 0 Å². The van der Waals surface area contributed by atoms with Crippen LogP contribution < -0.4 is 0 Å². The summed E-state index contributed by atoms with van der Waals surface area (Å²) in [5.41, 5.74) is 2.44. The minimum absolute atomic E-state index is 0.921. The Morgan fingerprint density at radius 2 is 2.18 bits per heavy atom. The molecule has 1 aromatic carbocycles. The fourth-order valence-electron chi connectivity index (χ4n) is 1.29. The second-order valence-electron chi connectivity index (χ2n) is 3.28. The lowest BCUT2D eigenvalue weighted by Gasteiger charge is -2.00. The van der Waals surface area contributed by atoms with Gasteiger partial charge in [-0.2, -0.15) is 0 Å². The normalized spacial score (nSPS) is 10.4. The van der Waals surface area contributed by atoms with E-state index >= 15 is 0 Å². The second-order valence-corrected chi connectivity index (χ2v) is 6.53. The number of hydrogen-bond donors (Lipinski definition) is 0. The first-order valence-corrected chi connectivity index (χ1v) is 8.06. The lowest BCUT2D eigenvalue weighted by molar-refractivity contribution is 0.955. The van der Waals surface area contributed by atoms with Crippen molar-refractivity contribution < 1.29 is 0 Å². The zero-order valence-electron chi connectivity index (χ0n) is 9.42. The monoisotopic (exact) mass is 280 g/mol. The van der Waals surface area contributed by atoms with E-state index < -0.39 is 0 Å². The van der Waals surface area contributed by atoms with Crippen LogP contribution in [0.25, 0.3) is 6.08 Å². The quantitative estimate of drug-likeness (QED) is 0.767. The van der Waals surface area contributed by atoms with Gasteiger partial charge in [0.2, 0.25) is 0 Å². The van der Waals surface area contributed by atoms with Crippen molar-refractivity contribution in [2.75, 3.05) is 6.26 Å². The van der Waals surface area contributed by atoms with Gasteiger partial charge < -0.3 is 0 Å². The molecule has 0 fully saturated rings. The van der Waals surface area contributed by atoms with Crippen molar-refractivity contribution in [1.82, 2.24) is 10.2 Å². The molecule has 5 heteroatoms. The summed E-state index contributed by atoms with van der Waals surface area (Å²) in [7, 11) is 0. The Bertz CT molecular complexity index is 508. The standard InChI is InChI=1S/C12H12N2S3/c1-3-9-5-4-6-10(7-9)8-16-12-14-13-11(15-2)17-12/h3-7H,1,8H2,2H3. The van der Waals surface area contributed by atoms with Crippen LogP contribution in [0.2, 0.25) is 0 Å². The first kappa shape index (κ1) is 12.7. The van der Waals surface area contributed by atoms with Crippen LogP contribution in [0.5, 0.6) is 0 Å². The molecule has 0 bridgehead atoms. The van der Waals surface area contributed by atoms with Gasteiger partial charge in [0.05, 0.1) is 0 Å². The van der Waals surface area contributed by atoms with Gasteiger partial charge in [-0.25, -0.2) is 0 Å². The largest absolute Gasteiger partial charge is 0.175 e. The Morgan fingerprint density at radius 1 is 1.35 bits per heavy atom. The molecule has 0 aliphatic heterocycles. The van der Waals surface area contributed by atoms with Gasteiger partial charge in [0, 0.05) is 5.75 Å². The molecular formula is C12H12N2S3. The van der Waals surface area contributed by atoms with Crippen LogP contribution in [-0.2, 0) is 5.75 Å². The van der Waals surface area contributed by atoms with Gasteiger partial charge in [0.25, 0.3) is 0 Å². The molecular weight excluding hydrogens is 268 g/mol. The van der Waals surface area contributed by atoms with Crippen molar-refractivity contribution in [3.8, 4) is 0 Å². The Morgan fingerprint density at radius 3 is 2.88 bits per heavy atom. The van der Waals surface area contributed by atoms with Crippen LogP contribution in [0, 0.1) is 0 Å². The molecule has 2 nitrogen and oxygen atoms in total.